The number of halogens is 1. The highest BCUT2D eigenvalue weighted by Gasteiger charge is 2.22. The van der Waals surface area contributed by atoms with Crippen LogP contribution in [0.1, 0.15) is 36.8 Å². The van der Waals surface area contributed by atoms with E-state index in [0.29, 0.717) is 16.6 Å². The Morgan fingerprint density at radius 2 is 2.25 bits per heavy atom. The molecule has 1 aromatic carbocycles. The number of benzene rings is 1. The molecule has 1 unspecified atom stereocenters. The van der Waals surface area contributed by atoms with E-state index in [4.69, 9.17) is 27.9 Å². The van der Waals surface area contributed by atoms with Crippen molar-refractivity contribution in [2.24, 2.45) is 5.73 Å². The van der Waals surface area contributed by atoms with Gasteiger partial charge in [0.25, 0.3) is 0 Å². The van der Waals surface area contributed by atoms with Crippen LogP contribution in [-0.4, -0.2) is 35.0 Å². The van der Waals surface area contributed by atoms with Gasteiger partial charge in [0.15, 0.2) is 0 Å². The van der Waals surface area contributed by atoms with Crippen LogP contribution >= 0.6 is 11.6 Å². The minimum atomic E-state index is 0.0366. The number of aliphatic hydroxyl groups is 1. The lowest BCUT2D eigenvalue weighted by molar-refractivity contribution is 0.112. The maximum absolute atomic E-state index is 9.16. The second kappa shape index (κ2) is 7.07. The van der Waals surface area contributed by atoms with Crippen LogP contribution < -0.4 is 5.73 Å². The fraction of sp³-hybridized carbons (Fsp3) is 0.533. The van der Waals surface area contributed by atoms with Gasteiger partial charge in [0.2, 0.25) is 0 Å². The zero-order valence-electron chi connectivity index (χ0n) is 11.6. The molecule has 1 atom stereocenters. The van der Waals surface area contributed by atoms with E-state index < -0.39 is 0 Å². The van der Waals surface area contributed by atoms with Gasteiger partial charge in [0, 0.05) is 29.8 Å². The molecule has 0 aliphatic carbocycles. The standard InChI is InChI=1S/C15H22ClN3O/c16-14-9-11(15(17)18)4-5-12(14)10-19-7-2-1-3-13(19)6-8-20/h4-5,9,13,20H,1-3,6-8,10H2,(H3,17,18). The molecule has 4 N–H and O–H groups in total. The molecule has 20 heavy (non-hydrogen) atoms. The van der Waals surface area contributed by atoms with Crippen molar-refractivity contribution in [3.05, 3.63) is 34.3 Å². The summed E-state index contributed by atoms with van der Waals surface area (Å²) < 4.78 is 0. The van der Waals surface area contributed by atoms with Gasteiger partial charge in [-0.1, -0.05) is 30.2 Å². The highest BCUT2D eigenvalue weighted by molar-refractivity contribution is 6.31. The average molecular weight is 296 g/mol. The van der Waals surface area contributed by atoms with Crippen molar-refractivity contribution in [1.29, 1.82) is 5.41 Å². The van der Waals surface area contributed by atoms with Gasteiger partial charge in [-0.05, 0) is 37.4 Å². The Bertz CT molecular complexity index is 476. The van der Waals surface area contributed by atoms with Crippen molar-refractivity contribution >= 4 is 17.4 Å². The fourth-order valence-corrected chi connectivity index (χ4v) is 3.05. The molecule has 1 aromatic rings. The van der Waals surface area contributed by atoms with Gasteiger partial charge < -0.3 is 10.8 Å². The van der Waals surface area contributed by atoms with E-state index in [0.717, 1.165) is 31.5 Å². The van der Waals surface area contributed by atoms with Crippen LogP contribution in [0.5, 0.6) is 0 Å². The predicted molar refractivity (Wildman–Crippen MR) is 82.2 cm³/mol. The minimum absolute atomic E-state index is 0.0366. The molecule has 0 saturated carbocycles. The third kappa shape index (κ3) is 3.72. The summed E-state index contributed by atoms with van der Waals surface area (Å²) in [5, 5.41) is 17.2. The molecular formula is C15H22ClN3O. The molecule has 1 fully saturated rings. The second-order valence-electron chi connectivity index (χ2n) is 5.35. The van der Waals surface area contributed by atoms with Gasteiger partial charge in [0.1, 0.15) is 5.84 Å². The van der Waals surface area contributed by atoms with Crippen LogP contribution in [0.4, 0.5) is 0 Å². The van der Waals surface area contributed by atoms with Gasteiger partial charge in [-0.3, -0.25) is 10.3 Å². The van der Waals surface area contributed by atoms with Gasteiger partial charge in [-0.2, -0.15) is 0 Å². The Kier molecular flexibility index (Phi) is 5.40. The molecule has 0 bridgehead atoms. The van der Waals surface area contributed by atoms with E-state index in [1.54, 1.807) is 6.07 Å². The first kappa shape index (κ1) is 15.3. The van der Waals surface area contributed by atoms with Crippen LogP contribution in [-0.2, 0) is 6.54 Å². The van der Waals surface area contributed by atoms with Crippen LogP contribution in [0, 0.1) is 5.41 Å². The molecule has 1 heterocycles. The molecule has 5 heteroatoms. The first-order valence-electron chi connectivity index (χ1n) is 7.09. The number of nitrogens with one attached hydrogen (secondary N) is 1. The Balaban J connectivity index is 2.09. The number of nitrogens with zero attached hydrogens (tertiary/aromatic N) is 1. The highest BCUT2D eigenvalue weighted by Crippen LogP contribution is 2.25. The summed E-state index contributed by atoms with van der Waals surface area (Å²) in [5.41, 5.74) is 7.18. The van der Waals surface area contributed by atoms with Gasteiger partial charge in [-0.25, -0.2) is 0 Å². The predicted octanol–water partition coefficient (Wildman–Crippen LogP) is 2.36. The number of nitrogens with two attached hydrogens (primary N) is 1. The number of nitrogen functional groups attached to an aromatic ring is 1. The quantitative estimate of drug-likeness (QED) is 0.577. The Labute approximate surface area is 125 Å². The maximum atomic E-state index is 9.16. The third-order valence-electron chi connectivity index (χ3n) is 3.95. The summed E-state index contributed by atoms with van der Waals surface area (Å²) in [6.07, 6.45) is 4.40. The Hall–Kier alpha value is -1.10. The zero-order valence-corrected chi connectivity index (χ0v) is 12.4. The van der Waals surface area contributed by atoms with E-state index >= 15 is 0 Å². The molecule has 0 aromatic heterocycles. The number of hydrogen-bond donors (Lipinski definition) is 3. The number of amidine groups is 1. The van der Waals surface area contributed by atoms with E-state index in [1.165, 1.54) is 12.8 Å². The maximum Gasteiger partial charge on any atom is 0.122 e. The first-order chi connectivity index (χ1) is 9.61. The molecule has 2 rings (SSSR count). The van der Waals surface area contributed by atoms with E-state index in [1.807, 2.05) is 12.1 Å². The normalized spacial score (nSPS) is 20.0. The molecule has 4 nitrogen and oxygen atoms in total. The number of aliphatic hydroxyl groups excluding tert-OH is 1. The Morgan fingerprint density at radius 1 is 1.45 bits per heavy atom. The highest BCUT2D eigenvalue weighted by atomic mass is 35.5. The largest absolute Gasteiger partial charge is 0.396 e. The molecule has 1 aliphatic rings. The first-order valence-corrected chi connectivity index (χ1v) is 7.47. The van der Waals surface area contributed by atoms with Gasteiger partial charge >= 0.3 is 0 Å². The summed E-state index contributed by atoms with van der Waals surface area (Å²) >= 11 is 6.29. The van der Waals surface area contributed by atoms with Crippen LogP contribution in [0.3, 0.4) is 0 Å². The van der Waals surface area contributed by atoms with Crippen LogP contribution in [0.2, 0.25) is 5.02 Å². The van der Waals surface area contributed by atoms with Crippen molar-refractivity contribution in [3.8, 4) is 0 Å². The van der Waals surface area contributed by atoms with Crippen molar-refractivity contribution in [2.45, 2.75) is 38.3 Å². The van der Waals surface area contributed by atoms with Crippen molar-refractivity contribution < 1.29 is 5.11 Å². The lowest BCUT2D eigenvalue weighted by Crippen LogP contribution is -2.39. The minimum Gasteiger partial charge on any atom is -0.396 e. The topological polar surface area (TPSA) is 73.3 Å². The van der Waals surface area contributed by atoms with Crippen molar-refractivity contribution in [2.75, 3.05) is 13.2 Å². The summed E-state index contributed by atoms with van der Waals surface area (Å²) in [6, 6.07) is 5.99. The summed E-state index contributed by atoms with van der Waals surface area (Å²) in [5.74, 6) is 0.0366. The van der Waals surface area contributed by atoms with E-state index in [2.05, 4.69) is 4.90 Å². The van der Waals surface area contributed by atoms with E-state index in [9.17, 15) is 0 Å². The van der Waals surface area contributed by atoms with Crippen LogP contribution in [0.25, 0.3) is 0 Å². The molecular weight excluding hydrogens is 274 g/mol. The number of piperidine rings is 1. The number of likely N-dealkylation sites (tertiary alicyclic amines) is 1. The lowest BCUT2D eigenvalue weighted by atomic mass is 9.98. The fourth-order valence-electron chi connectivity index (χ4n) is 2.81. The van der Waals surface area contributed by atoms with E-state index in [-0.39, 0.29) is 12.4 Å². The smallest absolute Gasteiger partial charge is 0.122 e. The number of hydrogen-bond acceptors (Lipinski definition) is 3. The molecule has 1 saturated heterocycles. The molecule has 0 spiro atoms. The summed E-state index contributed by atoms with van der Waals surface area (Å²) in [7, 11) is 0. The van der Waals surface area contributed by atoms with Crippen molar-refractivity contribution in [3.63, 3.8) is 0 Å². The molecule has 0 radical (unpaired) electrons. The zero-order chi connectivity index (χ0) is 14.5. The monoisotopic (exact) mass is 295 g/mol. The number of rotatable bonds is 5. The van der Waals surface area contributed by atoms with Gasteiger partial charge in [-0.15, -0.1) is 0 Å². The van der Waals surface area contributed by atoms with Crippen molar-refractivity contribution in [1.82, 2.24) is 4.90 Å². The van der Waals surface area contributed by atoms with Crippen LogP contribution in [0.15, 0.2) is 18.2 Å². The lowest BCUT2D eigenvalue weighted by Gasteiger charge is -2.35. The summed E-state index contributed by atoms with van der Waals surface area (Å²) in [6.45, 7) is 2.08. The SMILES string of the molecule is N=C(N)c1ccc(CN2CCCCC2CCO)c(Cl)c1. The third-order valence-corrected chi connectivity index (χ3v) is 4.30. The Morgan fingerprint density at radius 3 is 2.90 bits per heavy atom. The molecule has 110 valence electrons. The summed E-state index contributed by atoms with van der Waals surface area (Å²) in [4.78, 5) is 2.40. The molecule has 1 aliphatic heterocycles. The van der Waals surface area contributed by atoms with Gasteiger partial charge in [0.05, 0.1) is 0 Å². The molecule has 0 amide bonds. The average Bonchev–Trinajstić information content (AvgIpc) is 2.43. The second-order valence-corrected chi connectivity index (χ2v) is 5.76.